The van der Waals surface area contributed by atoms with Gasteiger partial charge in [0, 0.05) is 28.8 Å². The number of rotatable bonds is 6. The summed E-state index contributed by atoms with van der Waals surface area (Å²) in [6, 6.07) is 22.8. The Kier molecular flexibility index (Phi) is 5.57. The van der Waals surface area contributed by atoms with Gasteiger partial charge in [0.15, 0.2) is 0 Å². The molecule has 3 aromatic carbocycles. The van der Waals surface area contributed by atoms with E-state index in [1.165, 1.54) is 24.4 Å². The SMILES string of the molecule is O=[N+]([O-])c1ccc(O)c(C=NNc2nnc(-c3ccccc3)c(-c3ccccc3)n2)c1. The number of aromatic hydroxyl groups is 1. The van der Waals surface area contributed by atoms with Gasteiger partial charge in [0.1, 0.15) is 17.1 Å². The van der Waals surface area contributed by atoms with E-state index in [1.807, 2.05) is 60.7 Å². The van der Waals surface area contributed by atoms with Crippen LogP contribution in [0.3, 0.4) is 0 Å². The monoisotopic (exact) mass is 412 g/mol. The number of non-ortho nitro benzene ring substituents is 1. The third-order valence-electron chi connectivity index (χ3n) is 4.37. The van der Waals surface area contributed by atoms with Gasteiger partial charge in [-0.3, -0.25) is 10.1 Å². The number of nitro benzene ring substituents is 1. The zero-order chi connectivity index (χ0) is 21.6. The molecule has 0 amide bonds. The van der Waals surface area contributed by atoms with Crippen molar-refractivity contribution in [2.45, 2.75) is 0 Å². The van der Waals surface area contributed by atoms with Gasteiger partial charge in [0.05, 0.1) is 11.1 Å². The van der Waals surface area contributed by atoms with Crippen LogP contribution in [0.4, 0.5) is 11.6 Å². The summed E-state index contributed by atoms with van der Waals surface area (Å²) in [5.41, 5.74) is 5.66. The van der Waals surface area contributed by atoms with Gasteiger partial charge in [-0.05, 0) is 6.07 Å². The van der Waals surface area contributed by atoms with Gasteiger partial charge in [0.2, 0.25) is 0 Å². The van der Waals surface area contributed by atoms with Crippen molar-refractivity contribution in [3.63, 3.8) is 0 Å². The Morgan fingerprint density at radius 2 is 1.55 bits per heavy atom. The minimum Gasteiger partial charge on any atom is -0.507 e. The second-order valence-electron chi connectivity index (χ2n) is 6.43. The summed E-state index contributed by atoms with van der Waals surface area (Å²) in [6.45, 7) is 0. The van der Waals surface area contributed by atoms with Crippen LogP contribution in [-0.2, 0) is 0 Å². The zero-order valence-electron chi connectivity index (χ0n) is 16.1. The maximum absolute atomic E-state index is 10.9. The molecule has 0 saturated carbocycles. The van der Waals surface area contributed by atoms with Crippen LogP contribution in [0.1, 0.15) is 5.56 Å². The Morgan fingerprint density at radius 3 is 2.19 bits per heavy atom. The van der Waals surface area contributed by atoms with E-state index in [0.717, 1.165) is 11.1 Å². The number of aromatic nitrogens is 3. The average Bonchev–Trinajstić information content (AvgIpc) is 2.81. The van der Waals surface area contributed by atoms with Crippen LogP contribution in [0.15, 0.2) is 84.0 Å². The van der Waals surface area contributed by atoms with Crippen molar-refractivity contribution >= 4 is 17.9 Å². The molecule has 1 aromatic heterocycles. The standard InChI is InChI=1S/C22H16N6O3/c29-19-12-11-18(28(30)31)13-17(19)14-23-26-22-24-20(15-7-3-1-4-8-15)21(25-27-22)16-9-5-2-6-10-16/h1-14,29H,(H,24,26,27). The number of nitro groups is 1. The van der Waals surface area contributed by atoms with Gasteiger partial charge in [-0.1, -0.05) is 60.7 Å². The summed E-state index contributed by atoms with van der Waals surface area (Å²) < 4.78 is 0. The molecule has 0 saturated heterocycles. The second kappa shape index (κ2) is 8.78. The van der Waals surface area contributed by atoms with E-state index in [1.54, 1.807) is 0 Å². The number of hydrazone groups is 1. The third kappa shape index (κ3) is 4.51. The molecule has 0 atom stereocenters. The molecule has 4 rings (SSSR count). The van der Waals surface area contributed by atoms with Crippen LogP contribution < -0.4 is 5.43 Å². The highest BCUT2D eigenvalue weighted by molar-refractivity contribution is 5.85. The molecule has 9 heteroatoms. The quantitative estimate of drug-likeness (QED) is 0.275. The van der Waals surface area contributed by atoms with Crippen molar-refractivity contribution in [1.29, 1.82) is 0 Å². The average molecular weight is 412 g/mol. The van der Waals surface area contributed by atoms with E-state index < -0.39 is 4.92 Å². The summed E-state index contributed by atoms with van der Waals surface area (Å²) >= 11 is 0. The number of anilines is 1. The molecular formula is C22H16N6O3. The first-order chi connectivity index (χ1) is 15.1. The Balaban J connectivity index is 1.65. The van der Waals surface area contributed by atoms with E-state index in [4.69, 9.17) is 0 Å². The fraction of sp³-hybridized carbons (Fsp3) is 0. The molecule has 9 nitrogen and oxygen atoms in total. The molecule has 0 unspecified atom stereocenters. The van der Waals surface area contributed by atoms with Crippen LogP contribution in [-0.4, -0.2) is 31.4 Å². The molecular weight excluding hydrogens is 396 g/mol. The molecule has 2 N–H and O–H groups in total. The van der Waals surface area contributed by atoms with E-state index in [-0.39, 0.29) is 22.9 Å². The molecule has 1 heterocycles. The number of phenols is 1. The molecule has 0 radical (unpaired) electrons. The summed E-state index contributed by atoms with van der Waals surface area (Å²) in [5, 5.41) is 33.2. The van der Waals surface area contributed by atoms with Gasteiger partial charge >= 0.3 is 0 Å². The van der Waals surface area contributed by atoms with Crippen molar-refractivity contribution in [3.05, 3.63) is 94.5 Å². The summed E-state index contributed by atoms with van der Waals surface area (Å²) in [5.74, 6) is -0.000650. The highest BCUT2D eigenvalue weighted by Gasteiger charge is 2.13. The second-order valence-corrected chi connectivity index (χ2v) is 6.43. The molecule has 0 fully saturated rings. The first-order valence-electron chi connectivity index (χ1n) is 9.24. The Bertz CT molecular complexity index is 1250. The van der Waals surface area contributed by atoms with E-state index >= 15 is 0 Å². The number of hydrogen-bond donors (Lipinski definition) is 2. The Labute approximate surface area is 176 Å². The number of phenolic OH excluding ortho intramolecular Hbond substituents is 1. The number of benzene rings is 3. The summed E-state index contributed by atoms with van der Waals surface area (Å²) in [4.78, 5) is 14.9. The molecule has 4 aromatic rings. The molecule has 152 valence electrons. The van der Waals surface area contributed by atoms with Gasteiger partial charge in [0.25, 0.3) is 11.6 Å². The van der Waals surface area contributed by atoms with Crippen molar-refractivity contribution in [3.8, 4) is 28.3 Å². The fourth-order valence-corrected chi connectivity index (χ4v) is 2.88. The van der Waals surface area contributed by atoms with Crippen molar-refractivity contribution in [1.82, 2.24) is 15.2 Å². The van der Waals surface area contributed by atoms with E-state index in [0.29, 0.717) is 11.4 Å². The number of nitrogens with zero attached hydrogens (tertiary/aromatic N) is 5. The first-order valence-corrected chi connectivity index (χ1v) is 9.24. The molecule has 0 bridgehead atoms. The van der Waals surface area contributed by atoms with Crippen molar-refractivity contribution < 1.29 is 10.0 Å². The van der Waals surface area contributed by atoms with E-state index in [2.05, 4.69) is 25.7 Å². The lowest BCUT2D eigenvalue weighted by atomic mass is 10.0. The molecule has 31 heavy (non-hydrogen) atoms. The predicted octanol–water partition coefficient (Wildman–Crippen LogP) is 4.27. The summed E-state index contributed by atoms with van der Waals surface area (Å²) in [6.07, 6.45) is 1.25. The van der Waals surface area contributed by atoms with Gasteiger partial charge in [-0.25, -0.2) is 10.4 Å². The largest absolute Gasteiger partial charge is 0.507 e. The molecule has 0 aliphatic carbocycles. The normalized spacial score (nSPS) is 10.8. The minimum absolute atomic E-state index is 0.139. The zero-order valence-corrected chi connectivity index (χ0v) is 16.1. The maximum atomic E-state index is 10.9. The lowest BCUT2D eigenvalue weighted by Gasteiger charge is -2.09. The van der Waals surface area contributed by atoms with E-state index in [9.17, 15) is 15.2 Å². The highest BCUT2D eigenvalue weighted by atomic mass is 16.6. The predicted molar refractivity (Wildman–Crippen MR) is 117 cm³/mol. The Hall–Kier alpha value is -4.66. The fourth-order valence-electron chi connectivity index (χ4n) is 2.88. The smallest absolute Gasteiger partial charge is 0.270 e. The van der Waals surface area contributed by atoms with Gasteiger partial charge < -0.3 is 5.11 Å². The third-order valence-corrected chi connectivity index (χ3v) is 4.37. The lowest BCUT2D eigenvalue weighted by Crippen LogP contribution is -2.03. The topological polar surface area (TPSA) is 126 Å². The van der Waals surface area contributed by atoms with Gasteiger partial charge in [-0.15, -0.1) is 10.2 Å². The highest BCUT2D eigenvalue weighted by Crippen LogP contribution is 2.28. The number of hydrogen-bond acceptors (Lipinski definition) is 8. The first kappa shape index (κ1) is 19.6. The number of nitrogens with one attached hydrogen (secondary N) is 1. The van der Waals surface area contributed by atoms with Crippen LogP contribution in [0.5, 0.6) is 5.75 Å². The summed E-state index contributed by atoms with van der Waals surface area (Å²) in [7, 11) is 0. The molecule has 0 aliphatic heterocycles. The van der Waals surface area contributed by atoms with Crippen molar-refractivity contribution in [2.24, 2.45) is 5.10 Å². The minimum atomic E-state index is -0.550. The maximum Gasteiger partial charge on any atom is 0.270 e. The molecule has 0 spiro atoms. The van der Waals surface area contributed by atoms with Crippen LogP contribution >= 0.6 is 0 Å². The molecule has 0 aliphatic rings. The Morgan fingerprint density at radius 1 is 0.903 bits per heavy atom. The van der Waals surface area contributed by atoms with Crippen LogP contribution in [0.2, 0.25) is 0 Å². The van der Waals surface area contributed by atoms with Crippen LogP contribution in [0, 0.1) is 10.1 Å². The van der Waals surface area contributed by atoms with Crippen LogP contribution in [0.25, 0.3) is 22.5 Å². The van der Waals surface area contributed by atoms with Crippen molar-refractivity contribution in [2.75, 3.05) is 5.43 Å². The lowest BCUT2D eigenvalue weighted by molar-refractivity contribution is -0.384. The van der Waals surface area contributed by atoms with Gasteiger partial charge in [-0.2, -0.15) is 5.10 Å².